The van der Waals surface area contributed by atoms with Crippen molar-refractivity contribution in [2.75, 3.05) is 24.8 Å². The lowest BCUT2D eigenvalue weighted by atomic mass is 9.90. The van der Waals surface area contributed by atoms with E-state index in [0.717, 1.165) is 72.8 Å². The SMILES string of the molecule is CCCCOc1ccc(C2=NC3(CCCCC3)N=C2SCC(=O)Nc2cc(C)ccc2OC)cc1. The highest BCUT2D eigenvalue weighted by Gasteiger charge is 2.37. The Bertz CT molecular complexity index is 1090. The van der Waals surface area contributed by atoms with Crippen LogP contribution in [-0.2, 0) is 4.79 Å². The van der Waals surface area contributed by atoms with Crippen LogP contribution in [0.1, 0.15) is 63.0 Å². The van der Waals surface area contributed by atoms with Gasteiger partial charge in [-0.05, 0) is 81.0 Å². The quantitative estimate of drug-likeness (QED) is 0.409. The first-order chi connectivity index (χ1) is 17.0. The van der Waals surface area contributed by atoms with Gasteiger partial charge in [0.05, 0.1) is 30.9 Å². The van der Waals surface area contributed by atoms with Gasteiger partial charge in [0.2, 0.25) is 5.91 Å². The summed E-state index contributed by atoms with van der Waals surface area (Å²) in [4.78, 5) is 23.1. The fourth-order valence-electron chi connectivity index (χ4n) is 4.44. The number of thioether (sulfide) groups is 1. The lowest BCUT2D eigenvalue weighted by Gasteiger charge is -2.27. The topological polar surface area (TPSA) is 72.3 Å². The number of hydrogen-bond donors (Lipinski definition) is 1. The largest absolute Gasteiger partial charge is 0.495 e. The Hall–Kier alpha value is -2.80. The number of anilines is 1. The molecule has 1 fully saturated rings. The van der Waals surface area contributed by atoms with Gasteiger partial charge >= 0.3 is 0 Å². The fourth-order valence-corrected chi connectivity index (χ4v) is 5.31. The number of carbonyl (C=O) groups excluding carboxylic acids is 1. The Morgan fingerprint density at radius 3 is 2.57 bits per heavy atom. The Morgan fingerprint density at radius 2 is 1.86 bits per heavy atom. The molecule has 0 unspecified atom stereocenters. The van der Waals surface area contributed by atoms with Crippen LogP contribution in [-0.4, -0.2) is 41.8 Å². The normalized spacial score (nSPS) is 16.5. The van der Waals surface area contributed by atoms with Gasteiger partial charge in [-0.25, -0.2) is 4.99 Å². The Labute approximate surface area is 212 Å². The number of nitrogens with zero attached hydrogens (tertiary/aromatic N) is 2. The number of methoxy groups -OCH3 is 1. The molecule has 2 aromatic rings. The summed E-state index contributed by atoms with van der Waals surface area (Å²) in [5.41, 5.74) is 3.27. The van der Waals surface area contributed by atoms with Gasteiger partial charge < -0.3 is 14.8 Å². The van der Waals surface area contributed by atoms with Crippen LogP contribution in [0.2, 0.25) is 0 Å². The van der Waals surface area contributed by atoms with Gasteiger partial charge in [0.1, 0.15) is 16.5 Å². The van der Waals surface area contributed by atoms with Crippen LogP contribution in [0.4, 0.5) is 5.69 Å². The molecule has 1 N–H and O–H groups in total. The summed E-state index contributed by atoms with van der Waals surface area (Å²) in [6.45, 7) is 4.87. The van der Waals surface area contributed by atoms with E-state index >= 15 is 0 Å². The summed E-state index contributed by atoms with van der Waals surface area (Å²) in [5, 5.41) is 3.83. The van der Waals surface area contributed by atoms with Crippen LogP contribution < -0.4 is 14.8 Å². The molecule has 1 heterocycles. The van der Waals surface area contributed by atoms with Gasteiger partial charge in [0.15, 0.2) is 5.66 Å². The van der Waals surface area contributed by atoms with Crippen molar-refractivity contribution >= 4 is 34.1 Å². The average molecular weight is 494 g/mol. The first-order valence-corrected chi connectivity index (χ1v) is 13.5. The van der Waals surface area contributed by atoms with Crippen molar-refractivity contribution in [3.05, 3.63) is 53.6 Å². The number of hydrogen-bond acceptors (Lipinski definition) is 6. The molecular weight excluding hydrogens is 458 g/mol. The zero-order chi connectivity index (χ0) is 24.7. The maximum Gasteiger partial charge on any atom is 0.234 e. The van der Waals surface area contributed by atoms with Crippen LogP contribution in [0.25, 0.3) is 0 Å². The van der Waals surface area contributed by atoms with E-state index in [0.29, 0.717) is 11.4 Å². The molecule has 35 heavy (non-hydrogen) atoms. The summed E-state index contributed by atoms with van der Waals surface area (Å²) in [6.07, 6.45) is 7.58. The van der Waals surface area contributed by atoms with E-state index < -0.39 is 0 Å². The monoisotopic (exact) mass is 493 g/mol. The zero-order valence-corrected chi connectivity index (χ0v) is 21.7. The van der Waals surface area contributed by atoms with Gasteiger partial charge in [0, 0.05) is 5.56 Å². The van der Waals surface area contributed by atoms with E-state index in [1.54, 1.807) is 7.11 Å². The molecule has 0 radical (unpaired) electrons. The maximum absolute atomic E-state index is 12.8. The number of unbranched alkanes of at least 4 members (excludes halogenated alkanes) is 1. The molecule has 1 aliphatic carbocycles. The number of amides is 1. The minimum Gasteiger partial charge on any atom is -0.495 e. The lowest BCUT2D eigenvalue weighted by Crippen LogP contribution is -2.25. The molecule has 2 aromatic carbocycles. The van der Waals surface area contributed by atoms with Crippen molar-refractivity contribution in [1.29, 1.82) is 0 Å². The standard InChI is InChI=1S/C28H35N3O3S/c1-4-5-17-34-22-12-10-21(11-13-22)26-27(31-28(30-26)15-7-6-8-16-28)35-19-25(32)29-23-18-20(2)9-14-24(23)33-3/h9-14,18H,4-8,15-17,19H2,1-3H3,(H,29,32). The van der Waals surface area contributed by atoms with Gasteiger partial charge in [-0.15, -0.1) is 0 Å². The van der Waals surface area contributed by atoms with Gasteiger partial charge in [0.25, 0.3) is 0 Å². The molecule has 186 valence electrons. The molecular formula is C28H35N3O3S. The van der Waals surface area contributed by atoms with Gasteiger partial charge in [-0.2, -0.15) is 0 Å². The molecule has 1 amide bonds. The zero-order valence-electron chi connectivity index (χ0n) is 20.9. The van der Waals surface area contributed by atoms with Gasteiger partial charge in [-0.3, -0.25) is 9.79 Å². The summed E-state index contributed by atoms with van der Waals surface area (Å²) in [7, 11) is 1.61. The number of benzene rings is 2. The first-order valence-electron chi connectivity index (χ1n) is 12.5. The molecule has 0 saturated heterocycles. The molecule has 0 aromatic heterocycles. The number of aryl methyl sites for hydroxylation is 1. The predicted molar refractivity (Wildman–Crippen MR) is 145 cm³/mol. The number of carbonyl (C=O) groups is 1. The van der Waals surface area contributed by atoms with Crippen molar-refractivity contribution in [2.24, 2.45) is 9.98 Å². The molecule has 0 bridgehead atoms. The van der Waals surface area contributed by atoms with Crippen molar-refractivity contribution in [3.8, 4) is 11.5 Å². The lowest BCUT2D eigenvalue weighted by molar-refractivity contribution is -0.113. The summed E-state index contributed by atoms with van der Waals surface area (Å²) in [6, 6.07) is 13.8. The van der Waals surface area contributed by atoms with Crippen LogP contribution >= 0.6 is 11.8 Å². The average Bonchev–Trinajstić information content (AvgIpc) is 3.21. The fraction of sp³-hybridized carbons (Fsp3) is 0.464. The van der Waals surface area contributed by atoms with E-state index in [9.17, 15) is 4.79 Å². The summed E-state index contributed by atoms with van der Waals surface area (Å²) < 4.78 is 11.2. The van der Waals surface area contributed by atoms with Crippen LogP contribution in [0.5, 0.6) is 11.5 Å². The summed E-state index contributed by atoms with van der Waals surface area (Å²) >= 11 is 1.46. The second kappa shape index (κ2) is 11.8. The van der Waals surface area contributed by atoms with E-state index in [1.807, 2.05) is 37.3 Å². The van der Waals surface area contributed by atoms with E-state index in [2.05, 4.69) is 24.4 Å². The van der Waals surface area contributed by atoms with Crippen molar-refractivity contribution < 1.29 is 14.3 Å². The summed E-state index contributed by atoms with van der Waals surface area (Å²) in [5.74, 6) is 1.68. The molecule has 1 saturated carbocycles. The van der Waals surface area contributed by atoms with Crippen LogP contribution in [0.3, 0.4) is 0 Å². The Kier molecular flexibility index (Phi) is 8.50. The maximum atomic E-state index is 12.8. The number of nitrogens with one attached hydrogen (secondary N) is 1. The minimum absolute atomic E-state index is 0.0924. The Balaban J connectivity index is 1.48. The second-order valence-electron chi connectivity index (χ2n) is 9.19. The molecule has 6 nitrogen and oxygen atoms in total. The molecule has 1 spiro atoms. The van der Waals surface area contributed by atoms with Crippen molar-refractivity contribution in [1.82, 2.24) is 0 Å². The molecule has 1 aliphatic heterocycles. The first kappa shape index (κ1) is 25.3. The Morgan fingerprint density at radius 1 is 1.09 bits per heavy atom. The number of ether oxygens (including phenoxy) is 2. The third-order valence-corrected chi connectivity index (χ3v) is 7.31. The van der Waals surface area contributed by atoms with Crippen molar-refractivity contribution in [2.45, 2.75) is 64.5 Å². The molecule has 4 rings (SSSR count). The molecule has 0 atom stereocenters. The highest BCUT2D eigenvalue weighted by atomic mass is 32.2. The molecule has 2 aliphatic rings. The van der Waals surface area contributed by atoms with E-state index in [-0.39, 0.29) is 17.3 Å². The predicted octanol–water partition coefficient (Wildman–Crippen LogP) is 6.42. The van der Waals surface area contributed by atoms with Crippen LogP contribution in [0.15, 0.2) is 52.4 Å². The molecule has 7 heteroatoms. The number of aliphatic imine (C=N–C) groups is 2. The second-order valence-corrected chi connectivity index (χ2v) is 10.2. The minimum atomic E-state index is -0.373. The smallest absolute Gasteiger partial charge is 0.234 e. The highest BCUT2D eigenvalue weighted by Crippen LogP contribution is 2.39. The third kappa shape index (κ3) is 6.45. The van der Waals surface area contributed by atoms with E-state index in [1.165, 1.54) is 18.2 Å². The van der Waals surface area contributed by atoms with Crippen molar-refractivity contribution in [3.63, 3.8) is 0 Å². The van der Waals surface area contributed by atoms with Crippen LogP contribution in [0, 0.1) is 6.92 Å². The third-order valence-electron chi connectivity index (χ3n) is 6.35. The van der Waals surface area contributed by atoms with Gasteiger partial charge in [-0.1, -0.05) is 37.6 Å². The highest BCUT2D eigenvalue weighted by molar-refractivity contribution is 8.16. The number of rotatable bonds is 9. The van der Waals surface area contributed by atoms with E-state index in [4.69, 9.17) is 19.5 Å².